The molecule has 118 valence electrons. The van der Waals surface area contributed by atoms with Crippen molar-refractivity contribution < 1.29 is 22.7 Å². The van der Waals surface area contributed by atoms with Crippen molar-refractivity contribution in [1.29, 1.82) is 0 Å². The van der Waals surface area contributed by atoms with Gasteiger partial charge >= 0.3 is 6.18 Å². The molecule has 1 aromatic heterocycles. The molecule has 1 atom stereocenters. The highest BCUT2D eigenvalue weighted by molar-refractivity contribution is 6.32. The number of halogens is 6. The van der Waals surface area contributed by atoms with Crippen molar-refractivity contribution in [3.8, 4) is 0 Å². The summed E-state index contributed by atoms with van der Waals surface area (Å²) in [5.74, 6) is -1.48. The van der Waals surface area contributed by atoms with E-state index >= 15 is 0 Å². The van der Waals surface area contributed by atoms with E-state index in [0.717, 1.165) is 6.07 Å². The second kappa shape index (κ2) is 5.68. The molecule has 2 rings (SSSR count). The van der Waals surface area contributed by atoms with E-state index in [4.69, 9.17) is 23.2 Å². The van der Waals surface area contributed by atoms with E-state index in [0.29, 0.717) is 12.1 Å². The van der Waals surface area contributed by atoms with Gasteiger partial charge < -0.3 is 5.11 Å². The topological polar surface area (TPSA) is 33.1 Å². The molecule has 8 heteroatoms. The summed E-state index contributed by atoms with van der Waals surface area (Å²) >= 11 is 11.5. The molecule has 1 unspecified atom stereocenters. The minimum atomic E-state index is -4.81. The van der Waals surface area contributed by atoms with E-state index in [1.54, 1.807) is 0 Å². The second-order valence-electron chi connectivity index (χ2n) is 4.77. The van der Waals surface area contributed by atoms with E-state index in [1.807, 2.05) is 0 Å². The molecule has 0 spiro atoms. The molecule has 0 aliphatic rings. The predicted molar refractivity (Wildman–Crippen MR) is 74.3 cm³/mol. The highest BCUT2D eigenvalue weighted by Crippen LogP contribution is 2.36. The van der Waals surface area contributed by atoms with E-state index < -0.39 is 23.2 Å². The van der Waals surface area contributed by atoms with Crippen LogP contribution in [0.1, 0.15) is 23.6 Å². The summed E-state index contributed by atoms with van der Waals surface area (Å²) in [6.45, 7) is 1.29. The van der Waals surface area contributed by atoms with Crippen molar-refractivity contribution in [3.63, 3.8) is 0 Å². The van der Waals surface area contributed by atoms with Crippen LogP contribution in [0.5, 0.6) is 0 Å². The van der Waals surface area contributed by atoms with Crippen molar-refractivity contribution in [2.24, 2.45) is 0 Å². The Balaban J connectivity index is 2.52. The number of alkyl halides is 3. The zero-order valence-electron chi connectivity index (χ0n) is 11.0. The number of aliphatic hydroxyl groups is 1. The fourth-order valence-electron chi connectivity index (χ4n) is 1.96. The Morgan fingerprint density at radius 3 is 2.00 bits per heavy atom. The number of benzene rings is 1. The zero-order chi connectivity index (χ0) is 16.7. The monoisotopic (exact) mass is 353 g/mol. The van der Waals surface area contributed by atoms with Crippen LogP contribution in [0, 0.1) is 5.82 Å². The van der Waals surface area contributed by atoms with E-state index in [9.17, 15) is 22.7 Å². The Morgan fingerprint density at radius 1 is 1.00 bits per heavy atom. The maximum Gasteiger partial charge on any atom is 0.419 e. The van der Waals surface area contributed by atoms with Gasteiger partial charge in [0.25, 0.3) is 0 Å². The summed E-state index contributed by atoms with van der Waals surface area (Å²) in [7, 11) is 0. The molecule has 0 saturated heterocycles. The first kappa shape index (κ1) is 17.0. The Hall–Kier alpha value is -1.37. The van der Waals surface area contributed by atoms with Gasteiger partial charge in [0, 0.05) is 0 Å². The molecule has 0 bridgehead atoms. The lowest BCUT2D eigenvalue weighted by molar-refractivity contribution is -0.140. The maximum absolute atomic E-state index is 13.7. The number of rotatable bonds is 2. The van der Waals surface area contributed by atoms with Crippen LogP contribution in [0.4, 0.5) is 17.6 Å². The summed E-state index contributed by atoms with van der Waals surface area (Å²) in [6, 6.07) is 4.79. The third-order valence-electron chi connectivity index (χ3n) is 3.16. The van der Waals surface area contributed by atoms with Gasteiger partial charge in [0.1, 0.15) is 21.7 Å². The van der Waals surface area contributed by atoms with Crippen LogP contribution >= 0.6 is 23.2 Å². The molecule has 22 heavy (non-hydrogen) atoms. The molecule has 2 nitrogen and oxygen atoms in total. The third-order valence-corrected chi connectivity index (χ3v) is 3.55. The zero-order valence-corrected chi connectivity index (χ0v) is 12.6. The number of hydrogen-bond donors (Lipinski definition) is 1. The SMILES string of the molecule is CC(O)(c1cc(Cl)nc(Cl)c1)c1ccc(C(F)(F)F)c(F)c1. The van der Waals surface area contributed by atoms with E-state index in [1.165, 1.54) is 19.1 Å². The van der Waals surface area contributed by atoms with Gasteiger partial charge in [0.2, 0.25) is 0 Å². The van der Waals surface area contributed by atoms with Crippen molar-refractivity contribution in [1.82, 2.24) is 4.98 Å². The Bertz CT molecular complexity index is 696. The lowest BCUT2D eigenvalue weighted by atomic mass is 9.88. The Kier molecular flexibility index (Phi) is 4.39. The van der Waals surface area contributed by atoms with Crippen LogP contribution in [-0.2, 0) is 11.8 Å². The van der Waals surface area contributed by atoms with Crippen molar-refractivity contribution >= 4 is 23.2 Å². The molecule has 0 saturated carbocycles. The normalized spacial score (nSPS) is 14.7. The molecule has 0 aliphatic carbocycles. The molecule has 0 aliphatic heterocycles. The smallest absolute Gasteiger partial charge is 0.381 e. The van der Waals surface area contributed by atoms with Gasteiger partial charge in [0.15, 0.2) is 0 Å². The lowest BCUT2D eigenvalue weighted by Crippen LogP contribution is -2.24. The summed E-state index contributed by atoms with van der Waals surface area (Å²) in [5.41, 5.74) is -3.09. The first-order valence-corrected chi connectivity index (χ1v) is 6.70. The fraction of sp³-hybridized carbons (Fsp3) is 0.214. The summed E-state index contributed by atoms with van der Waals surface area (Å²) < 4.78 is 51.3. The third kappa shape index (κ3) is 3.34. The number of nitrogens with zero attached hydrogens (tertiary/aromatic N) is 1. The minimum absolute atomic E-state index is 0.00448. The van der Waals surface area contributed by atoms with Gasteiger partial charge in [-0.25, -0.2) is 9.37 Å². The average molecular weight is 354 g/mol. The van der Waals surface area contributed by atoms with Gasteiger partial charge in [-0.2, -0.15) is 13.2 Å². The van der Waals surface area contributed by atoms with E-state index in [-0.39, 0.29) is 21.4 Å². The van der Waals surface area contributed by atoms with Crippen molar-refractivity contribution in [3.05, 3.63) is 63.1 Å². The van der Waals surface area contributed by atoms with E-state index in [2.05, 4.69) is 4.98 Å². The predicted octanol–water partition coefficient (Wildman–Crippen LogP) is 4.80. The van der Waals surface area contributed by atoms with Crippen LogP contribution in [-0.4, -0.2) is 10.1 Å². The van der Waals surface area contributed by atoms with Crippen LogP contribution in [0.3, 0.4) is 0 Å². The van der Waals surface area contributed by atoms with Gasteiger partial charge in [-0.3, -0.25) is 0 Å². The Morgan fingerprint density at radius 2 is 1.55 bits per heavy atom. The maximum atomic E-state index is 13.7. The highest BCUT2D eigenvalue weighted by Gasteiger charge is 2.35. The lowest BCUT2D eigenvalue weighted by Gasteiger charge is -2.25. The number of aromatic nitrogens is 1. The molecular weight excluding hydrogens is 345 g/mol. The average Bonchev–Trinajstić information content (AvgIpc) is 2.35. The van der Waals surface area contributed by atoms with Crippen molar-refractivity contribution in [2.75, 3.05) is 0 Å². The molecule has 1 N–H and O–H groups in total. The van der Waals surface area contributed by atoms with Gasteiger partial charge in [-0.1, -0.05) is 29.3 Å². The summed E-state index contributed by atoms with van der Waals surface area (Å²) in [6.07, 6.45) is -4.81. The second-order valence-corrected chi connectivity index (χ2v) is 5.54. The van der Waals surface area contributed by atoms with Crippen LogP contribution in [0.2, 0.25) is 10.3 Å². The molecule has 0 amide bonds. The van der Waals surface area contributed by atoms with Crippen LogP contribution in [0.25, 0.3) is 0 Å². The first-order chi connectivity index (χ1) is 10.0. The van der Waals surface area contributed by atoms with Crippen LogP contribution in [0.15, 0.2) is 30.3 Å². The number of hydrogen-bond acceptors (Lipinski definition) is 2. The molecule has 0 radical (unpaired) electrons. The standard InChI is InChI=1S/C14H9Cl2F4NO/c1-13(22,8-5-11(15)21-12(16)6-8)7-2-3-9(10(17)4-7)14(18,19)20/h2-6,22H,1H3. The Labute approximate surface area is 133 Å². The highest BCUT2D eigenvalue weighted by atomic mass is 35.5. The van der Waals surface area contributed by atoms with Gasteiger partial charge in [-0.15, -0.1) is 0 Å². The largest absolute Gasteiger partial charge is 0.419 e. The van der Waals surface area contributed by atoms with Crippen molar-refractivity contribution in [2.45, 2.75) is 18.7 Å². The molecule has 1 aromatic carbocycles. The molecular formula is C14H9Cl2F4NO. The quantitative estimate of drug-likeness (QED) is 0.621. The number of pyridine rings is 1. The summed E-state index contributed by atoms with van der Waals surface area (Å²) in [5, 5.41) is 10.5. The molecule has 2 aromatic rings. The first-order valence-electron chi connectivity index (χ1n) is 5.95. The summed E-state index contributed by atoms with van der Waals surface area (Å²) in [4.78, 5) is 3.70. The minimum Gasteiger partial charge on any atom is -0.381 e. The molecule has 1 heterocycles. The van der Waals surface area contributed by atoms with Gasteiger partial charge in [-0.05, 0) is 42.3 Å². The van der Waals surface area contributed by atoms with Gasteiger partial charge in [0.05, 0.1) is 5.56 Å². The van der Waals surface area contributed by atoms with Crippen LogP contribution < -0.4 is 0 Å². The fourth-order valence-corrected chi connectivity index (χ4v) is 2.42. The molecule has 0 fully saturated rings.